The molecular formula is C12H16F2. The molecule has 1 aromatic rings. The third kappa shape index (κ3) is 2.79. The number of halogens is 2. The summed E-state index contributed by atoms with van der Waals surface area (Å²) in [4.78, 5) is 0. The minimum absolute atomic E-state index is 0.115. The summed E-state index contributed by atoms with van der Waals surface area (Å²) in [5, 5.41) is 0. The molecule has 0 bridgehead atoms. The van der Waals surface area contributed by atoms with Crippen molar-refractivity contribution in [2.45, 2.75) is 39.5 Å². The van der Waals surface area contributed by atoms with Crippen molar-refractivity contribution in [3.8, 4) is 0 Å². The minimum Gasteiger partial charge on any atom is -0.207 e. The van der Waals surface area contributed by atoms with E-state index >= 15 is 0 Å². The van der Waals surface area contributed by atoms with Gasteiger partial charge in [-0.25, -0.2) is 8.78 Å². The zero-order valence-electron chi connectivity index (χ0n) is 8.74. The second-order valence-corrected chi connectivity index (χ2v) is 3.64. The number of hydrogen-bond donors (Lipinski definition) is 0. The summed E-state index contributed by atoms with van der Waals surface area (Å²) in [6, 6.07) is 2.88. The van der Waals surface area contributed by atoms with Gasteiger partial charge >= 0.3 is 0 Å². The number of rotatable bonds is 4. The van der Waals surface area contributed by atoms with Crippen LogP contribution < -0.4 is 0 Å². The van der Waals surface area contributed by atoms with Gasteiger partial charge in [-0.3, -0.25) is 0 Å². The molecule has 1 rings (SSSR count). The molecule has 0 atom stereocenters. The first-order valence-corrected chi connectivity index (χ1v) is 5.09. The van der Waals surface area contributed by atoms with E-state index < -0.39 is 11.6 Å². The van der Waals surface area contributed by atoms with Crippen LogP contribution in [-0.4, -0.2) is 0 Å². The molecule has 0 aliphatic heterocycles. The molecule has 0 amide bonds. The Hall–Kier alpha value is -0.920. The highest BCUT2D eigenvalue weighted by atomic mass is 19.1. The predicted molar refractivity (Wildman–Crippen MR) is 54.3 cm³/mol. The van der Waals surface area contributed by atoms with Crippen LogP contribution in [0.3, 0.4) is 0 Å². The van der Waals surface area contributed by atoms with Gasteiger partial charge < -0.3 is 0 Å². The summed E-state index contributed by atoms with van der Waals surface area (Å²) in [6.45, 7) is 3.57. The zero-order chi connectivity index (χ0) is 10.6. The van der Waals surface area contributed by atoms with Gasteiger partial charge in [0.05, 0.1) is 0 Å². The molecule has 1 aromatic carbocycles. The van der Waals surface area contributed by atoms with Crippen LogP contribution in [0.25, 0.3) is 0 Å². The van der Waals surface area contributed by atoms with Crippen LogP contribution in [-0.2, 0) is 6.42 Å². The number of hydrogen-bond acceptors (Lipinski definition) is 0. The van der Waals surface area contributed by atoms with E-state index in [-0.39, 0.29) is 5.56 Å². The summed E-state index contributed by atoms with van der Waals surface area (Å²) in [5.74, 6) is -0.868. The lowest BCUT2D eigenvalue weighted by Crippen LogP contribution is -1.94. The van der Waals surface area contributed by atoms with E-state index in [1.54, 1.807) is 0 Å². The highest BCUT2D eigenvalue weighted by Crippen LogP contribution is 2.16. The molecule has 0 aromatic heterocycles. The molecular weight excluding hydrogens is 182 g/mol. The maximum atomic E-state index is 13.1. The van der Waals surface area contributed by atoms with Crippen molar-refractivity contribution in [2.75, 3.05) is 0 Å². The SMILES string of the molecule is CCCCCc1cc(F)c(C)c(F)c1. The first-order chi connectivity index (χ1) is 6.65. The lowest BCUT2D eigenvalue weighted by molar-refractivity contribution is 0.563. The molecule has 0 radical (unpaired) electrons. The fraction of sp³-hybridized carbons (Fsp3) is 0.500. The second-order valence-electron chi connectivity index (χ2n) is 3.64. The highest BCUT2D eigenvalue weighted by molar-refractivity contribution is 5.25. The van der Waals surface area contributed by atoms with Crippen molar-refractivity contribution in [2.24, 2.45) is 0 Å². The predicted octanol–water partition coefficient (Wildman–Crippen LogP) is 4.01. The van der Waals surface area contributed by atoms with Crippen molar-refractivity contribution < 1.29 is 8.78 Å². The highest BCUT2D eigenvalue weighted by Gasteiger charge is 2.05. The minimum atomic E-state index is -0.434. The maximum absolute atomic E-state index is 13.1. The fourth-order valence-electron chi connectivity index (χ4n) is 1.42. The Bertz CT molecular complexity index is 282. The first-order valence-electron chi connectivity index (χ1n) is 5.09. The Labute approximate surface area is 84.0 Å². The molecule has 0 fully saturated rings. The molecule has 0 nitrogen and oxygen atoms in total. The molecule has 14 heavy (non-hydrogen) atoms. The Balaban J connectivity index is 2.69. The van der Waals surface area contributed by atoms with Gasteiger partial charge in [-0.1, -0.05) is 19.8 Å². The third-order valence-electron chi connectivity index (χ3n) is 2.41. The summed E-state index contributed by atoms with van der Waals surface area (Å²) in [5.41, 5.74) is 0.878. The molecule has 0 heterocycles. The van der Waals surface area contributed by atoms with E-state index in [4.69, 9.17) is 0 Å². The molecule has 0 N–H and O–H groups in total. The average molecular weight is 198 g/mol. The van der Waals surface area contributed by atoms with E-state index in [9.17, 15) is 8.78 Å². The average Bonchev–Trinajstić information content (AvgIpc) is 2.14. The van der Waals surface area contributed by atoms with Crippen LogP contribution in [0.15, 0.2) is 12.1 Å². The van der Waals surface area contributed by atoms with Crippen molar-refractivity contribution in [1.82, 2.24) is 0 Å². The summed E-state index contributed by atoms with van der Waals surface area (Å²) < 4.78 is 26.2. The Morgan fingerprint density at radius 2 is 1.64 bits per heavy atom. The molecule has 2 heteroatoms. The molecule has 78 valence electrons. The van der Waals surface area contributed by atoms with Crippen molar-refractivity contribution in [3.63, 3.8) is 0 Å². The van der Waals surface area contributed by atoms with Gasteiger partial charge in [0, 0.05) is 5.56 Å². The van der Waals surface area contributed by atoms with E-state index in [0.717, 1.165) is 31.2 Å². The number of aryl methyl sites for hydroxylation is 1. The van der Waals surface area contributed by atoms with Gasteiger partial charge in [0.1, 0.15) is 11.6 Å². The van der Waals surface area contributed by atoms with Gasteiger partial charge in [-0.2, -0.15) is 0 Å². The van der Waals surface area contributed by atoms with E-state index in [2.05, 4.69) is 6.92 Å². The largest absolute Gasteiger partial charge is 0.207 e. The van der Waals surface area contributed by atoms with Gasteiger partial charge in [0.2, 0.25) is 0 Å². The van der Waals surface area contributed by atoms with Crippen LogP contribution in [0.4, 0.5) is 8.78 Å². The Morgan fingerprint density at radius 3 is 2.14 bits per heavy atom. The smallest absolute Gasteiger partial charge is 0.129 e. The van der Waals surface area contributed by atoms with Crippen molar-refractivity contribution >= 4 is 0 Å². The van der Waals surface area contributed by atoms with Crippen LogP contribution in [0.2, 0.25) is 0 Å². The van der Waals surface area contributed by atoms with Gasteiger partial charge in [-0.05, 0) is 37.5 Å². The summed E-state index contributed by atoms with van der Waals surface area (Å²) >= 11 is 0. The molecule has 0 unspecified atom stereocenters. The van der Waals surface area contributed by atoms with E-state index in [0.29, 0.717) is 0 Å². The molecule has 0 spiro atoms. The molecule has 0 saturated carbocycles. The van der Waals surface area contributed by atoms with Crippen LogP contribution >= 0.6 is 0 Å². The monoisotopic (exact) mass is 198 g/mol. The van der Waals surface area contributed by atoms with Gasteiger partial charge in [0.25, 0.3) is 0 Å². The van der Waals surface area contributed by atoms with Crippen LogP contribution in [0.5, 0.6) is 0 Å². The lowest BCUT2D eigenvalue weighted by atomic mass is 10.0. The number of benzene rings is 1. The van der Waals surface area contributed by atoms with Gasteiger partial charge in [-0.15, -0.1) is 0 Å². The van der Waals surface area contributed by atoms with Crippen LogP contribution in [0.1, 0.15) is 37.3 Å². The topological polar surface area (TPSA) is 0 Å². The quantitative estimate of drug-likeness (QED) is 0.641. The molecule has 0 saturated heterocycles. The van der Waals surface area contributed by atoms with E-state index in [1.165, 1.54) is 19.1 Å². The second kappa shape index (κ2) is 5.08. The summed E-state index contributed by atoms with van der Waals surface area (Å²) in [7, 11) is 0. The Morgan fingerprint density at radius 1 is 1.07 bits per heavy atom. The van der Waals surface area contributed by atoms with Gasteiger partial charge in [0.15, 0.2) is 0 Å². The fourth-order valence-corrected chi connectivity index (χ4v) is 1.42. The Kier molecular flexibility index (Phi) is 4.05. The lowest BCUT2D eigenvalue weighted by Gasteiger charge is -2.04. The zero-order valence-corrected chi connectivity index (χ0v) is 8.74. The number of unbranched alkanes of at least 4 members (excludes halogenated alkanes) is 2. The standard InChI is InChI=1S/C12H16F2/c1-3-4-5-6-10-7-11(13)9(2)12(14)8-10/h7-8H,3-6H2,1-2H3. The van der Waals surface area contributed by atoms with Crippen molar-refractivity contribution in [1.29, 1.82) is 0 Å². The molecule has 0 aliphatic rings. The van der Waals surface area contributed by atoms with E-state index in [1.807, 2.05) is 0 Å². The maximum Gasteiger partial charge on any atom is 0.129 e. The third-order valence-corrected chi connectivity index (χ3v) is 2.41. The van der Waals surface area contributed by atoms with Crippen molar-refractivity contribution in [3.05, 3.63) is 34.9 Å². The normalized spacial score (nSPS) is 10.6. The summed E-state index contributed by atoms with van der Waals surface area (Å²) in [6.07, 6.45) is 3.99. The molecule has 0 aliphatic carbocycles. The van der Waals surface area contributed by atoms with Crippen LogP contribution in [0, 0.1) is 18.6 Å². The first kappa shape index (κ1) is 11.2.